The van der Waals surface area contributed by atoms with E-state index in [1.807, 2.05) is 12.3 Å². The SMILES string of the molecule is CCCNC(C)c1ccnc(Sc2cnccn2)c1. The number of nitrogens with zero attached hydrogens (tertiary/aromatic N) is 3. The molecule has 1 unspecified atom stereocenters. The van der Waals surface area contributed by atoms with E-state index in [0.29, 0.717) is 6.04 Å². The van der Waals surface area contributed by atoms with Gasteiger partial charge in [-0.3, -0.25) is 4.98 Å². The Balaban J connectivity index is 2.06. The first kappa shape index (κ1) is 14.0. The summed E-state index contributed by atoms with van der Waals surface area (Å²) in [7, 11) is 0. The highest BCUT2D eigenvalue weighted by Gasteiger charge is 2.07. The summed E-state index contributed by atoms with van der Waals surface area (Å²) in [5, 5.41) is 5.28. The van der Waals surface area contributed by atoms with Crippen LogP contribution >= 0.6 is 11.8 Å². The maximum Gasteiger partial charge on any atom is 0.121 e. The summed E-state index contributed by atoms with van der Waals surface area (Å²) in [5.41, 5.74) is 1.25. The normalized spacial score (nSPS) is 12.3. The van der Waals surface area contributed by atoms with Crippen molar-refractivity contribution in [3.05, 3.63) is 42.5 Å². The van der Waals surface area contributed by atoms with Crippen LogP contribution in [0.1, 0.15) is 31.9 Å². The smallest absolute Gasteiger partial charge is 0.121 e. The minimum Gasteiger partial charge on any atom is -0.310 e. The monoisotopic (exact) mass is 274 g/mol. The Morgan fingerprint density at radius 1 is 1.21 bits per heavy atom. The molecule has 0 radical (unpaired) electrons. The van der Waals surface area contributed by atoms with E-state index in [0.717, 1.165) is 23.0 Å². The lowest BCUT2D eigenvalue weighted by Gasteiger charge is -2.14. The van der Waals surface area contributed by atoms with E-state index in [-0.39, 0.29) is 0 Å². The van der Waals surface area contributed by atoms with Crippen molar-refractivity contribution in [2.24, 2.45) is 0 Å². The van der Waals surface area contributed by atoms with Crippen LogP contribution in [0, 0.1) is 0 Å². The summed E-state index contributed by atoms with van der Waals surface area (Å²) < 4.78 is 0. The molecular weight excluding hydrogens is 256 g/mol. The number of hydrogen-bond donors (Lipinski definition) is 1. The van der Waals surface area contributed by atoms with Crippen molar-refractivity contribution < 1.29 is 0 Å². The zero-order valence-electron chi connectivity index (χ0n) is 11.2. The fourth-order valence-electron chi connectivity index (χ4n) is 1.67. The van der Waals surface area contributed by atoms with Crippen LogP contribution in [-0.2, 0) is 0 Å². The van der Waals surface area contributed by atoms with Crippen molar-refractivity contribution in [1.82, 2.24) is 20.3 Å². The van der Waals surface area contributed by atoms with E-state index in [1.165, 1.54) is 17.3 Å². The molecule has 0 aliphatic rings. The van der Waals surface area contributed by atoms with Gasteiger partial charge in [0, 0.05) is 24.6 Å². The van der Waals surface area contributed by atoms with Gasteiger partial charge in [-0.15, -0.1) is 0 Å². The highest BCUT2D eigenvalue weighted by molar-refractivity contribution is 7.99. The molecule has 0 aliphatic heterocycles. The highest BCUT2D eigenvalue weighted by atomic mass is 32.2. The topological polar surface area (TPSA) is 50.7 Å². The van der Waals surface area contributed by atoms with Crippen molar-refractivity contribution in [1.29, 1.82) is 0 Å². The van der Waals surface area contributed by atoms with Crippen molar-refractivity contribution in [3.8, 4) is 0 Å². The molecule has 1 N–H and O–H groups in total. The lowest BCUT2D eigenvalue weighted by atomic mass is 10.1. The Kier molecular flexibility index (Phi) is 5.30. The second kappa shape index (κ2) is 7.21. The molecule has 2 aromatic rings. The van der Waals surface area contributed by atoms with Crippen molar-refractivity contribution in [2.45, 2.75) is 36.4 Å². The molecule has 0 saturated carbocycles. The Hall–Kier alpha value is -1.46. The molecule has 2 aromatic heterocycles. The van der Waals surface area contributed by atoms with Crippen LogP contribution in [0.25, 0.3) is 0 Å². The van der Waals surface area contributed by atoms with Crippen LogP contribution in [0.15, 0.2) is 47.0 Å². The molecule has 1 atom stereocenters. The van der Waals surface area contributed by atoms with Crippen LogP contribution < -0.4 is 5.32 Å². The van der Waals surface area contributed by atoms with Crippen LogP contribution in [0.2, 0.25) is 0 Å². The van der Waals surface area contributed by atoms with Gasteiger partial charge in [0.2, 0.25) is 0 Å². The highest BCUT2D eigenvalue weighted by Crippen LogP contribution is 2.25. The van der Waals surface area contributed by atoms with Gasteiger partial charge < -0.3 is 5.32 Å². The largest absolute Gasteiger partial charge is 0.310 e. The molecule has 0 spiro atoms. The fourth-order valence-corrected chi connectivity index (χ4v) is 2.42. The van der Waals surface area contributed by atoms with Crippen LogP contribution in [-0.4, -0.2) is 21.5 Å². The molecule has 100 valence electrons. The zero-order valence-corrected chi connectivity index (χ0v) is 12.0. The maximum absolute atomic E-state index is 4.36. The van der Waals surface area contributed by atoms with Gasteiger partial charge in [0.1, 0.15) is 10.1 Å². The summed E-state index contributed by atoms with van der Waals surface area (Å²) >= 11 is 1.53. The van der Waals surface area contributed by atoms with Gasteiger partial charge in [-0.1, -0.05) is 6.92 Å². The molecular formula is C14H18N4S. The summed E-state index contributed by atoms with van der Waals surface area (Å²) in [4.78, 5) is 12.7. The van der Waals surface area contributed by atoms with E-state index in [2.05, 4.69) is 40.2 Å². The molecule has 2 rings (SSSR count). The lowest BCUT2D eigenvalue weighted by Crippen LogP contribution is -2.19. The maximum atomic E-state index is 4.36. The van der Waals surface area contributed by atoms with Crippen molar-refractivity contribution in [2.75, 3.05) is 6.54 Å². The minimum absolute atomic E-state index is 0.337. The third-order valence-corrected chi connectivity index (χ3v) is 3.56. The molecule has 4 nitrogen and oxygen atoms in total. The van der Waals surface area contributed by atoms with Gasteiger partial charge in [0.25, 0.3) is 0 Å². The molecule has 19 heavy (non-hydrogen) atoms. The van der Waals surface area contributed by atoms with E-state index < -0.39 is 0 Å². The average Bonchev–Trinajstić information content (AvgIpc) is 2.46. The Morgan fingerprint density at radius 3 is 2.79 bits per heavy atom. The first-order chi connectivity index (χ1) is 9.29. The average molecular weight is 274 g/mol. The molecule has 0 fully saturated rings. The summed E-state index contributed by atoms with van der Waals surface area (Å²) in [6.07, 6.45) is 8.09. The zero-order chi connectivity index (χ0) is 13.5. The first-order valence-electron chi connectivity index (χ1n) is 6.42. The van der Waals surface area contributed by atoms with Crippen LogP contribution in [0.4, 0.5) is 0 Å². The summed E-state index contributed by atoms with van der Waals surface area (Å²) in [6, 6.07) is 4.49. The molecule has 0 aromatic carbocycles. The second-order valence-corrected chi connectivity index (χ2v) is 5.29. The number of aromatic nitrogens is 3. The number of nitrogens with one attached hydrogen (secondary N) is 1. The summed E-state index contributed by atoms with van der Waals surface area (Å²) in [5.74, 6) is 0. The van der Waals surface area contributed by atoms with Gasteiger partial charge in [-0.25, -0.2) is 9.97 Å². The summed E-state index contributed by atoms with van der Waals surface area (Å²) in [6.45, 7) is 5.36. The standard InChI is InChI=1S/C14H18N4S/c1-3-5-16-11(2)12-4-6-17-13(9-12)19-14-10-15-7-8-18-14/h4,6-11,16H,3,5H2,1-2H3. The molecule has 0 bridgehead atoms. The predicted octanol–water partition coefficient (Wildman–Crippen LogP) is 3.08. The van der Waals surface area contributed by atoms with Crippen LogP contribution in [0.5, 0.6) is 0 Å². The number of rotatable bonds is 6. The molecule has 5 heteroatoms. The Morgan fingerprint density at radius 2 is 2.05 bits per heavy atom. The molecule has 0 aliphatic carbocycles. The molecule has 0 saturated heterocycles. The van der Waals surface area contributed by atoms with Crippen LogP contribution in [0.3, 0.4) is 0 Å². The van der Waals surface area contributed by atoms with E-state index in [4.69, 9.17) is 0 Å². The van der Waals surface area contributed by atoms with Gasteiger partial charge in [0.15, 0.2) is 0 Å². The van der Waals surface area contributed by atoms with E-state index in [1.54, 1.807) is 18.6 Å². The van der Waals surface area contributed by atoms with Gasteiger partial charge in [-0.05, 0) is 49.3 Å². The second-order valence-electron chi connectivity index (χ2n) is 4.25. The Bertz CT molecular complexity index is 504. The van der Waals surface area contributed by atoms with Gasteiger partial charge >= 0.3 is 0 Å². The minimum atomic E-state index is 0.337. The quantitative estimate of drug-likeness (QED) is 0.877. The first-order valence-corrected chi connectivity index (χ1v) is 7.24. The van der Waals surface area contributed by atoms with E-state index >= 15 is 0 Å². The lowest BCUT2D eigenvalue weighted by molar-refractivity contribution is 0.569. The van der Waals surface area contributed by atoms with Crippen molar-refractivity contribution >= 4 is 11.8 Å². The van der Waals surface area contributed by atoms with E-state index in [9.17, 15) is 0 Å². The van der Waals surface area contributed by atoms with Gasteiger partial charge in [-0.2, -0.15) is 0 Å². The molecule has 2 heterocycles. The number of pyridine rings is 1. The Labute approximate surface area is 118 Å². The third-order valence-electron chi connectivity index (χ3n) is 2.71. The fraction of sp³-hybridized carbons (Fsp3) is 0.357. The third kappa shape index (κ3) is 4.29. The molecule has 0 amide bonds. The number of hydrogen-bond acceptors (Lipinski definition) is 5. The van der Waals surface area contributed by atoms with Gasteiger partial charge in [0.05, 0.1) is 6.20 Å². The van der Waals surface area contributed by atoms with Crippen molar-refractivity contribution in [3.63, 3.8) is 0 Å². The predicted molar refractivity (Wildman–Crippen MR) is 77.1 cm³/mol.